The molecule has 0 fully saturated rings. The van der Waals surface area contributed by atoms with Gasteiger partial charge in [-0.3, -0.25) is 19.2 Å². The second kappa shape index (κ2) is 10.2. The molecular weight excluding hydrogens is 384 g/mol. The second-order valence-electron chi connectivity index (χ2n) is 5.80. The van der Waals surface area contributed by atoms with Gasteiger partial charge in [0, 0.05) is 35.3 Å². The predicted octanol–water partition coefficient (Wildman–Crippen LogP) is 2.84. The third kappa shape index (κ3) is 6.51. The van der Waals surface area contributed by atoms with Crippen molar-refractivity contribution in [2.45, 2.75) is 12.8 Å². The maximum absolute atomic E-state index is 12.0. The lowest BCUT2D eigenvalue weighted by Gasteiger charge is -2.07. The fourth-order valence-electron chi connectivity index (χ4n) is 2.26. The van der Waals surface area contributed by atoms with E-state index in [0.29, 0.717) is 21.8 Å². The maximum Gasteiger partial charge on any atom is 0.306 e. The zero-order valence-corrected chi connectivity index (χ0v) is 15.9. The van der Waals surface area contributed by atoms with E-state index in [1.807, 2.05) is 0 Å². The largest absolute Gasteiger partial charge is 0.456 e. The standard InChI is InChI=1S/C20H19ClN2O5/c1-22-20(27)14-4-8-16(9-5-14)23-18(25)12-28-19(26)11-10-17(24)13-2-6-15(21)7-3-13/h2-9H,10-12H2,1H3,(H,22,27)(H,23,25). The van der Waals surface area contributed by atoms with Crippen molar-refractivity contribution in [3.8, 4) is 0 Å². The van der Waals surface area contributed by atoms with Gasteiger partial charge in [0.2, 0.25) is 0 Å². The van der Waals surface area contributed by atoms with Gasteiger partial charge < -0.3 is 15.4 Å². The number of ketones is 1. The number of rotatable bonds is 8. The van der Waals surface area contributed by atoms with Crippen molar-refractivity contribution in [3.63, 3.8) is 0 Å². The van der Waals surface area contributed by atoms with E-state index in [1.165, 1.54) is 7.05 Å². The van der Waals surface area contributed by atoms with Gasteiger partial charge in [0.1, 0.15) is 0 Å². The quantitative estimate of drug-likeness (QED) is 0.522. The van der Waals surface area contributed by atoms with Gasteiger partial charge in [-0.15, -0.1) is 0 Å². The van der Waals surface area contributed by atoms with Crippen LogP contribution in [0.15, 0.2) is 48.5 Å². The van der Waals surface area contributed by atoms with E-state index < -0.39 is 18.5 Å². The van der Waals surface area contributed by atoms with Gasteiger partial charge >= 0.3 is 5.97 Å². The van der Waals surface area contributed by atoms with E-state index in [1.54, 1.807) is 48.5 Å². The first kappa shape index (κ1) is 21.1. The van der Waals surface area contributed by atoms with Gasteiger partial charge in [0.05, 0.1) is 6.42 Å². The van der Waals surface area contributed by atoms with Crippen molar-refractivity contribution in [3.05, 3.63) is 64.7 Å². The molecule has 0 atom stereocenters. The van der Waals surface area contributed by atoms with Crippen LogP contribution in [0.2, 0.25) is 5.02 Å². The van der Waals surface area contributed by atoms with Crippen LogP contribution >= 0.6 is 11.6 Å². The van der Waals surface area contributed by atoms with Gasteiger partial charge in [0.15, 0.2) is 12.4 Å². The summed E-state index contributed by atoms with van der Waals surface area (Å²) in [5.41, 5.74) is 1.37. The molecule has 2 N–H and O–H groups in total. The SMILES string of the molecule is CNC(=O)c1ccc(NC(=O)COC(=O)CCC(=O)c2ccc(Cl)cc2)cc1. The van der Waals surface area contributed by atoms with Crippen molar-refractivity contribution >= 4 is 40.9 Å². The van der Waals surface area contributed by atoms with E-state index >= 15 is 0 Å². The van der Waals surface area contributed by atoms with Crippen molar-refractivity contribution < 1.29 is 23.9 Å². The van der Waals surface area contributed by atoms with Crippen LogP contribution < -0.4 is 10.6 Å². The molecule has 0 heterocycles. The number of ether oxygens (including phenoxy) is 1. The van der Waals surface area contributed by atoms with Gasteiger partial charge in [0.25, 0.3) is 11.8 Å². The Balaban J connectivity index is 1.73. The van der Waals surface area contributed by atoms with E-state index in [2.05, 4.69) is 10.6 Å². The normalized spacial score (nSPS) is 10.1. The Bertz CT molecular complexity index is 863. The highest BCUT2D eigenvalue weighted by Gasteiger charge is 2.12. The van der Waals surface area contributed by atoms with Crippen LogP contribution in [0.3, 0.4) is 0 Å². The van der Waals surface area contributed by atoms with Crippen LogP contribution in [0, 0.1) is 0 Å². The molecule has 0 aliphatic carbocycles. The minimum Gasteiger partial charge on any atom is -0.456 e. The Morgan fingerprint density at radius 2 is 1.50 bits per heavy atom. The molecule has 2 aromatic rings. The molecule has 0 unspecified atom stereocenters. The van der Waals surface area contributed by atoms with Gasteiger partial charge in [-0.05, 0) is 48.5 Å². The average molecular weight is 403 g/mol. The molecule has 0 aromatic heterocycles. The third-order valence-corrected chi connectivity index (χ3v) is 4.00. The lowest BCUT2D eigenvalue weighted by molar-refractivity contribution is -0.147. The molecule has 2 rings (SSSR count). The van der Waals surface area contributed by atoms with Crippen LogP contribution in [0.25, 0.3) is 0 Å². The minimum atomic E-state index is -0.646. The van der Waals surface area contributed by atoms with Crippen LogP contribution in [-0.4, -0.2) is 37.2 Å². The summed E-state index contributed by atoms with van der Waals surface area (Å²) in [7, 11) is 1.52. The van der Waals surface area contributed by atoms with E-state index in [0.717, 1.165) is 0 Å². The highest BCUT2D eigenvalue weighted by molar-refractivity contribution is 6.30. The number of anilines is 1. The molecule has 0 spiro atoms. The Labute approximate surface area is 167 Å². The third-order valence-electron chi connectivity index (χ3n) is 3.74. The first-order valence-electron chi connectivity index (χ1n) is 8.45. The number of hydrogen-bond acceptors (Lipinski definition) is 5. The Hall–Kier alpha value is -3.19. The van der Waals surface area contributed by atoms with Crippen LogP contribution in [0.4, 0.5) is 5.69 Å². The Kier molecular flexibility index (Phi) is 7.71. The number of esters is 1. The lowest BCUT2D eigenvalue weighted by Crippen LogP contribution is -2.21. The number of amides is 2. The molecule has 7 nitrogen and oxygen atoms in total. The smallest absolute Gasteiger partial charge is 0.306 e. The summed E-state index contributed by atoms with van der Waals surface area (Å²) in [6.45, 7) is -0.467. The van der Waals surface area contributed by atoms with Gasteiger partial charge in [-0.1, -0.05) is 11.6 Å². The highest BCUT2D eigenvalue weighted by Crippen LogP contribution is 2.12. The molecule has 0 aliphatic heterocycles. The zero-order valence-electron chi connectivity index (χ0n) is 15.2. The van der Waals surface area contributed by atoms with Crippen molar-refractivity contribution in [1.82, 2.24) is 5.32 Å². The lowest BCUT2D eigenvalue weighted by atomic mass is 10.1. The van der Waals surface area contributed by atoms with Gasteiger partial charge in [-0.25, -0.2) is 0 Å². The summed E-state index contributed by atoms with van der Waals surface area (Å²) < 4.78 is 4.87. The first-order chi connectivity index (χ1) is 13.4. The van der Waals surface area contributed by atoms with E-state index in [-0.39, 0.29) is 24.5 Å². The minimum absolute atomic E-state index is 0.0248. The molecular formula is C20H19ClN2O5. The summed E-state index contributed by atoms with van der Waals surface area (Å²) in [4.78, 5) is 47.0. The number of carbonyl (C=O) groups is 4. The summed E-state index contributed by atoms with van der Waals surface area (Å²) in [5.74, 6) is -1.62. The summed E-state index contributed by atoms with van der Waals surface area (Å²) in [6.07, 6.45) is -0.154. The molecule has 0 aliphatic rings. The molecule has 8 heteroatoms. The topological polar surface area (TPSA) is 102 Å². The number of hydrogen-bond donors (Lipinski definition) is 2. The fourth-order valence-corrected chi connectivity index (χ4v) is 2.39. The van der Waals surface area contributed by atoms with E-state index in [9.17, 15) is 19.2 Å². The number of nitrogens with one attached hydrogen (secondary N) is 2. The van der Waals surface area contributed by atoms with Crippen molar-refractivity contribution in [1.29, 1.82) is 0 Å². The number of carbonyl (C=O) groups excluding carboxylic acids is 4. The fraction of sp³-hybridized carbons (Fsp3) is 0.200. The summed E-state index contributed by atoms with van der Waals surface area (Å²) in [5, 5.41) is 5.56. The zero-order chi connectivity index (χ0) is 20.5. The predicted molar refractivity (Wildman–Crippen MR) is 104 cm³/mol. The molecule has 0 radical (unpaired) electrons. The van der Waals surface area contributed by atoms with Crippen molar-refractivity contribution in [2.75, 3.05) is 19.0 Å². The highest BCUT2D eigenvalue weighted by atomic mass is 35.5. The number of benzene rings is 2. The second-order valence-corrected chi connectivity index (χ2v) is 6.23. The average Bonchev–Trinajstić information content (AvgIpc) is 2.71. The summed E-state index contributed by atoms with van der Waals surface area (Å²) in [6, 6.07) is 12.6. The van der Waals surface area contributed by atoms with Crippen LogP contribution in [0.1, 0.15) is 33.6 Å². The molecule has 146 valence electrons. The Morgan fingerprint density at radius 1 is 0.893 bits per heavy atom. The molecule has 2 aromatic carbocycles. The van der Waals surface area contributed by atoms with Crippen LogP contribution in [0.5, 0.6) is 0 Å². The molecule has 0 saturated carbocycles. The molecule has 2 amide bonds. The van der Waals surface area contributed by atoms with Gasteiger partial charge in [-0.2, -0.15) is 0 Å². The molecule has 0 bridgehead atoms. The number of halogens is 1. The molecule has 0 saturated heterocycles. The van der Waals surface area contributed by atoms with E-state index in [4.69, 9.17) is 16.3 Å². The number of Topliss-reactive ketones (excluding diaryl/α,β-unsaturated/α-hetero) is 1. The van der Waals surface area contributed by atoms with Crippen LogP contribution in [-0.2, 0) is 14.3 Å². The monoisotopic (exact) mass is 402 g/mol. The maximum atomic E-state index is 12.0. The van der Waals surface area contributed by atoms with Crippen molar-refractivity contribution in [2.24, 2.45) is 0 Å². The first-order valence-corrected chi connectivity index (χ1v) is 8.83. The molecule has 28 heavy (non-hydrogen) atoms. The Morgan fingerprint density at radius 3 is 2.11 bits per heavy atom. The summed E-state index contributed by atoms with van der Waals surface area (Å²) >= 11 is 5.76.